The molecular formula is C14H19FNO3+. The summed E-state index contributed by atoms with van der Waals surface area (Å²) >= 11 is 0. The zero-order valence-electron chi connectivity index (χ0n) is 10.9. The number of para-hydroxylation sites is 1. The maximum Gasteiger partial charge on any atom is 0.344 e. The Labute approximate surface area is 112 Å². The minimum atomic E-state index is -0.475. The second kappa shape index (κ2) is 7.09. The molecule has 1 heterocycles. The maximum absolute atomic E-state index is 13.2. The molecule has 4 nitrogen and oxygen atoms in total. The van der Waals surface area contributed by atoms with Crippen LogP contribution >= 0.6 is 0 Å². The number of carbonyl (C=O) groups excluding carboxylic acids is 1. The van der Waals surface area contributed by atoms with E-state index in [-0.39, 0.29) is 12.4 Å². The van der Waals surface area contributed by atoms with E-state index in [1.807, 2.05) is 0 Å². The van der Waals surface area contributed by atoms with Crippen LogP contribution in [0, 0.1) is 5.82 Å². The lowest BCUT2D eigenvalue weighted by Crippen LogP contribution is -3.10. The Morgan fingerprint density at radius 1 is 1.26 bits per heavy atom. The van der Waals surface area contributed by atoms with E-state index < -0.39 is 11.8 Å². The van der Waals surface area contributed by atoms with Gasteiger partial charge in [0.1, 0.15) is 13.2 Å². The molecule has 0 atom stereocenters. The van der Waals surface area contributed by atoms with Gasteiger partial charge in [-0.1, -0.05) is 12.1 Å². The zero-order valence-corrected chi connectivity index (χ0v) is 10.9. The normalized spacial score (nSPS) is 15.4. The van der Waals surface area contributed by atoms with Crippen molar-refractivity contribution >= 4 is 5.97 Å². The van der Waals surface area contributed by atoms with Crippen LogP contribution in [-0.4, -0.2) is 38.8 Å². The molecule has 0 unspecified atom stereocenters. The number of likely N-dealkylation sites (tertiary alicyclic amines) is 1. The van der Waals surface area contributed by atoms with Crippen molar-refractivity contribution < 1.29 is 23.6 Å². The fraction of sp³-hybridized carbons (Fsp3) is 0.500. The molecule has 19 heavy (non-hydrogen) atoms. The van der Waals surface area contributed by atoms with Gasteiger partial charge in [0, 0.05) is 12.8 Å². The van der Waals surface area contributed by atoms with E-state index in [0.717, 1.165) is 19.6 Å². The first-order valence-electron chi connectivity index (χ1n) is 6.62. The van der Waals surface area contributed by atoms with E-state index in [4.69, 9.17) is 9.47 Å². The summed E-state index contributed by atoms with van der Waals surface area (Å²) in [6.07, 6.45) is 2.50. The Bertz CT molecular complexity index is 419. The monoisotopic (exact) mass is 268 g/mol. The first-order chi connectivity index (χ1) is 9.25. The van der Waals surface area contributed by atoms with Crippen molar-refractivity contribution in [3.05, 3.63) is 30.1 Å². The average molecular weight is 268 g/mol. The minimum Gasteiger partial charge on any atom is -0.479 e. The molecule has 104 valence electrons. The second-order valence-corrected chi connectivity index (χ2v) is 4.65. The van der Waals surface area contributed by atoms with Crippen molar-refractivity contribution in [1.29, 1.82) is 0 Å². The van der Waals surface area contributed by atoms with Gasteiger partial charge in [-0.15, -0.1) is 0 Å². The number of quaternary nitrogens is 1. The third-order valence-corrected chi connectivity index (χ3v) is 3.21. The Hall–Kier alpha value is -1.62. The molecule has 1 aromatic carbocycles. The number of benzene rings is 1. The Balaban J connectivity index is 1.63. The highest BCUT2D eigenvalue weighted by Gasteiger charge is 2.15. The number of esters is 1. The van der Waals surface area contributed by atoms with Crippen molar-refractivity contribution in [3.8, 4) is 5.75 Å². The summed E-state index contributed by atoms with van der Waals surface area (Å²) in [5.41, 5.74) is 0. The van der Waals surface area contributed by atoms with Crippen LogP contribution < -0.4 is 9.64 Å². The van der Waals surface area contributed by atoms with Crippen LogP contribution in [0.4, 0.5) is 4.39 Å². The summed E-state index contributed by atoms with van der Waals surface area (Å²) in [6.45, 7) is 3.29. The first kappa shape index (κ1) is 13.8. The van der Waals surface area contributed by atoms with Crippen LogP contribution in [0.25, 0.3) is 0 Å². The largest absolute Gasteiger partial charge is 0.479 e. The van der Waals surface area contributed by atoms with Crippen molar-refractivity contribution in [1.82, 2.24) is 0 Å². The fourth-order valence-electron chi connectivity index (χ4n) is 2.17. The molecule has 1 aliphatic rings. The number of hydrogen-bond acceptors (Lipinski definition) is 3. The third kappa shape index (κ3) is 4.52. The van der Waals surface area contributed by atoms with E-state index in [0.29, 0.717) is 6.61 Å². The highest BCUT2D eigenvalue weighted by atomic mass is 19.1. The van der Waals surface area contributed by atoms with Crippen LogP contribution in [0.15, 0.2) is 24.3 Å². The molecule has 1 fully saturated rings. The molecule has 0 spiro atoms. The molecule has 2 rings (SSSR count). The molecule has 1 N–H and O–H groups in total. The smallest absolute Gasteiger partial charge is 0.344 e. The van der Waals surface area contributed by atoms with Gasteiger partial charge in [-0.25, -0.2) is 9.18 Å². The Morgan fingerprint density at radius 3 is 2.74 bits per heavy atom. The lowest BCUT2D eigenvalue weighted by Gasteiger charge is -2.12. The van der Waals surface area contributed by atoms with E-state index in [2.05, 4.69) is 0 Å². The van der Waals surface area contributed by atoms with E-state index in [1.165, 1.54) is 29.9 Å². The van der Waals surface area contributed by atoms with Crippen molar-refractivity contribution in [2.24, 2.45) is 0 Å². The topological polar surface area (TPSA) is 40.0 Å². The van der Waals surface area contributed by atoms with Crippen molar-refractivity contribution in [2.45, 2.75) is 12.8 Å². The van der Waals surface area contributed by atoms with Gasteiger partial charge in [-0.2, -0.15) is 0 Å². The molecule has 1 saturated heterocycles. The molecule has 0 bridgehead atoms. The summed E-state index contributed by atoms with van der Waals surface area (Å²) in [5.74, 6) is -0.858. The molecule has 0 radical (unpaired) electrons. The summed E-state index contributed by atoms with van der Waals surface area (Å²) in [5, 5.41) is 0. The highest BCUT2D eigenvalue weighted by Crippen LogP contribution is 2.14. The Morgan fingerprint density at radius 2 is 2.00 bits per heavy atom. The molecule has 5 heteroatoms. The number of hydrogen-bond donors (Lipinski definition) is 1. The predicted octanol–water partition coefficient (Wildman–Crippen LogP) is 0.426. The number of carbonyl (C=O) groups is 1. The number of halogens is 1. The molecule has 0 aromatic heterocycles. The van der Waals surface area contributed by atoms with Crippen LogP contribution in [0.3, 0.4) is 0 Å². The standard InChI is InChI=1S/C14H18FNO3/c15-12-5-1-2-6-13(12)19-11-14(17)18-10-9-16-7-3-4-8-16/h1-2,5-6H,3-4,7-11H2/p+1. The molecular weight excluding hydrogens is 249 g/mol. The summed E-state index contributed by atoms with van der Waals surface area (Å²) in [6, 6.07) is 5.99. The second-order valence-electron chi connectivity index (χ2n) is 4.65. The van der Waals surface area contributed by atoms with Gasteiger partial charge in [0.25, 0.3) is 0 Å². The average Bonchev–Trinajstić information content (AvgIpc) is 2.91. The van der Waals surface area contributed by atoms with Crippen LogP contribution in [0.5, 0.6) is 5.75 Å². The molecule has 0 aliphatic carbocycles. The van der Waals surface area contributed by atoms with E-state index in [1.54, 1.807) is 12.1 Å². The number of ether oxygens (including phenoxy) is 2. The SMILES string of the molecule is O=C(COc1ccccc1F)OCC[NH+]1CCCC1. The van der Waals surface area contributed by atoms with Crippen LogP contribution in [0.1, 0.15) is 12.8 Å². The molecule has 1 aromatic rings. The molecule has 0 amide bonds. The van der Waals surface area contributed by atoms with Gasteiger partial charge in [-0.3, -0.25) is 0 Å². The zero-order chi connectivity index (χ0) is 13.5. The van der Waals surface area contributed by atoms with Gasteiger partial charge in [-0.05, 0) is 12.1 Å². The van der Waals surface area contributed by atoms with Crippen LogP contribution in [-0.2, 0) is 9.53 Å². The minimum absolute atomic E-state index is 0.0737. The van der Waals surface area contributed by atoms with E-state index >= 15 is 0 Å². The highest BCUT2D eigenvalue weighted by molar-refractivity contribution is 5.71. The van der Waals surface area contributed by atoms with Gasteiger partial charge in [0.15, 0.2) is 18.2 Å². The fourth-order valence-corrected chi connectivity index (χ4v) is 2.17. The molecule has 0 saturated carbocycles. The van der Waals surface area contributed by atoms with Crippen LogP contribution in [0.2, 0.25) is 0 Å². The predicted molar refractivity (Wildman–Crippen MR) is 67.7 cm³/mol. The van der Waals surface area contributed by atoms with E-state index in [9.17, 15) is 9.18 Å². The number of rotatable bonds is 6. The molecule has 1 aliphatic heterocycles. The summed E-state index contributed by atoms with van der Waals surface area (Å²) in [4.78, 5) is 12.9. The van der Waals surface area contributed by atoms with Gasteiger partial charge in [0.2, 0.25) is 0 Å². The first-order valence-corrected chi connectivity index (χ1v) is 6.62. The summed E-state index contributed by atoms with van der Waals surface area (Å²) < 4.78 is 23.3. The maximum atomic E-state index is 13.2. The summed E-state index contributed by atoms with van der Waals surface area (Å²) in [7, 11) is 0. The Kier molecular flexibility index (Phi) is 5.15. The lowest BCUT2D eigenvalue weighted by atomic mass is 10.3. The van der Waals surface area contributed by atoms with Crippen molar-refractivity contribution in [3.63, 3.8) is 0 Å². The quantitative estimate of drug-likeness (QED) is 0.760. The van der Waals surface area contributed by atoms with Gasteiger partial charge >= 0.3 is 5.97 Å². The van der Waals surface area contributed by atoms with Gasteiger partial charge in [0.05, 0.1) is 13.1 Å². The number of nitrogens with one attached hydrogen (secondary N) is 1. The van der Waals surface area contributed by atoms with Gasteiger partial charge < -0.3 is 14.4 Å². The van der Waals surface area contributed by atoms with Crippen molar-refractivity contribution in [2.75, 3.05) is 32.8 Å². The third-order valence-electron chi connectivity index (χ3n) is 3.21. The lowest BCUT2D eigenvalue weighted by molar-refractivity contribution is -0.887.